The van der Waals surface area contributed by atoms with Crippen LogP contribution >= 0.6 is 11.8 Å². The molecule has 6 nitrogen and oxygen atoms in total. The van der Waals surface area contributed by atoms with Crippen molar-refractivity contribution in [2.24, 2.45) is 0 Å². The summed E-state index contributed by atoms with van der Waals surface area (Å²) < 4.78 is 0. The van der Waals surface area contributed by atoms with Crippen LogP contribution in [0.1, 0.15) is 26.2 Å². The molecule has 2 rings (SSSR count). The molecule has 106 valence electrons. The SMILES string of the molecule is CSCCC(C)Nc1nc(N)nc(N2CCCC2)n1. The number of nitrogens with one attached hydrogen (secondary N) is 1. The Kier molecular flexibility index (Phi) is 5.07. The third kappa shape index (κ3) is 4.12. The highest BCUT2D eigenvalue weighted by atomic mass is 32.2. The van der Waals surface area contributed by atoms with Crippen LogP contribution < -0.4 is 16.0 Å². The van der Waals surface area contributed by atoms with Gasteiger partial charge in [-0.3, -0.25) is 0 Å². The van der Waals surface area contributed by atoms with Crippen LogP contribution in [0.5, 0.6) is 0 Å². The van der Waals surface area contributed by atoms with Crippen LogP contribution in [0.2, 0.25) is 0 Å². The monoisotopic (exact) mass is 282 g/mol. The van der Waals surface area contributed by atoms with Crippen molar-refractivity contribution in [1.29, 1.82) is 0 Å². The lowest BCUT2D eigenvalue weighted by atomic mass is 10.3. The molecule has 1 unspecified atom stereocenters. The van der Waals surface area contributed by atoms with Gasteiger partial charge in [-0.05, 0) is 38.2 Å². The standard InChI is InChI=1S/C12H22N6S/c1-9(5-8-19-2)14-11-15-10(13)16-12(17-11)18-6-3-4-7-18/h9H,3-8H2,1-2H3,(H3,13,14,15,16,17). The first-order valence-electron chi connectivity index (χ1n) is 6.71. The number of nitrogen functional groups attached to an aromatic ring is 1. The minimum atomic E-state index is 0.288. The molecule has 1 aromatic heterocycles. The van der Waals surface area contributed by atoms with E-state index in [2.05, 4.69) is 38.3 Å². The number of hydrogen-bond acceptors (Lipinski definition) is 7. The Bertz CT molecular complexity index is 407. The van der Waals surface area contributed by atoms with Crippen LogP contribution in [0, 0.1) is 0 Å². The molecule has 19 heavy (non-hydrogen) atoms. The summed E-state index contributed by atoms with van der Waals surface area (Å²) in [4.78, 5) is 15.0. The molecule has 0 aliphatic carbocycles. The summed E-state index contributed by atoms with van der Waals surface area (Å²) in [5.74, 6) is 2.69. The van der Waals surface area contributed by atoms with Gasteiger partial charge in [0, 0.05) is 19.1 Å². The third-order valence-electron chi connectivity index (χ3n) is 3.16. The maximum Gasteiger partial charge on any atom is 0.231 e. The van der Waals surface area contributed by atoms with Crippen LogP contribution in [0.3, 0.4) is 0 Å². The number of rotatable bonds is 6. The molecule has 0 radical (unpaired) electrons. The third-order valence-corrected chi connectivity index (χ3v) is 3.80. The van der Waals surface area contributed by atoms with E-state index in [0.29, 0.717) is 17.9 Å². The van der Waals surface area contributed by atoms with Crippen LogP contribution in [0.15, 0.2) is 0 Å². The average molecular weight is 282 g/mol. The van der Waals surface area contributed by atoms with Gasteiger partial charge in [-0.25, -0.2) is 0 Å². The summed E-state index contributed by atoms with van der Waals surface area (Å²) in [5, 5.41) is 3.30. The zero-order chi connectivity index (χ0) is 13.7. The first kappa shape index (κ1) is 14.2. The van der Waals surface area contributed by atoms with Gasteiger partial charge in [0.25, 0.3) is 0 Å². The minimum Gasteiger partial charge on any atom is -0.368 e. The molecule has 0 spiro atoms. The van der Waals surface area contributed by atoms with Crippen molar-refractivity contribution in [3.8, 4) is 0 Å². The average Bonchev–Trinajstić information content (AvgIpc) is 2.89. The lowest BCUT2D eigenvalue weighted by Gasteiger charge is -2.18. The van der Waals surface area contributed by atoms with Gasteiger partial charge in [0.15, 0.2) is 0 Å². The van der Waals surface area contributed by atoms with Crippen molar-refractivity contribution < 1.29 is 0 Å². The number of nitrogens with zero attached hydrogens (tertiary/aromatic N) is 4. The number of thioether (sulfide) groups is 1. The molecule has 1 aliphatic heterocycles. The van der Waals surface area contributed by atoms with Crippen LogP contribution in [0.25, 0.3) is 0 Å². The Morgan fingerprint density at radius 2 is 2.05 bits per heavy atom. The molecule has 0 amide bonds. The topological polar surface area (TPSA) is 80.0 Å². The normalized spacial score (nSPS) is 16.6. The van der Waals surface area contributed by atoms with Gasteiger partial charge in [0.05, 0.1) is 0 Å². The fraction of sp³-hybridized carbons (Fsp3) is 0.750. The van der Waals surface area contributed by atoms with Crippen LogP contribution in [-0.4, -0.2) is 46.1 Å². The van der Waals surface area contributed by atoms with Gasteiger partial charge < -0.3 is 16.0 Å². The number of hydrogen-bond donors (Lipinski definition) is 2. The molecule has 0 saturated carbocycles. The first-order chi connectivity index (χ1) is 9.19. The van der Waals surface area contributed by atoms with Gasteiger partial charge in [0.1, 0.15) is 0 Å². The van der Waals surface area contributed by atoms with Crippen LogP contribution in [-0.2, 0) is 0 Å². The van der Waals surface area contributed by atoms with Crippen molar-refractivity contribution >= 4 is 29.6 Å². The van der Waals surface area contributed by atoms with Crippen molar-refractivity contribution in [1.82, 2.24) is 15.0 Å². The molecule has 2 heterocycles. The lowest BCUT2D eigenvalue weighted by molar-refractivity contribution is 0.756. The summed E-state index contributed by atoms with van der Waals surface area (Å²) in [5.41, 5.74) is 5.77. The van der Waals surface area contributed by atoms with E-state index < -0.39 is 0 Å². The number of anilines is 3. The molecule has 1 fully saturated rings. The second-order valence-electron chi connectivity index (χ2n) is 4.84. The largest absolute Gasteiger partial charge is 0.368 e. The van der Waals surface area contributed by atoms with E-state index in [1.54, 1.807) is 0 Å². The molecule has 1 aliphatic rings. The fourth-order valence-electron chi connectivity index (χ4n) is 2.09. The maximum atomic E-state index is 5.77. The molecule has 1 saturated heterocycles. The van der Waals surface area contributed by atoms with E-state index in [-0.39, 0.29) is 5.95 Å². The highest BCUT2D eigenvalue weighted by molar-refractivity contribution is 7.98. The molecular formula is C12H22N6S. The van der Waals surface area contributed by atoms with Crippen LogP contribution in [0.4, 0.5) is 17.8 Å². The van der Waals surface area contributed by atoms with E-state index >= 15 is 0 Å². The summed E-state index contributed by atoms with van der Waals surface area (Å²) >= 11 is 1.84. The van der Waals surface area contributed by atoms with Gasteiger partial charge in [-0.1, -0.05) is 0 Å². The van der Waals surface area contributed by atoms with Gasteiger partial charge in [-0.2, -0.15) is 26.7 Å². The highest BCUT2D eigenvalue weighted by Gasteiger charge is 2.17. The van der Waals surface area contributed by atoms with E-state index in [0.717, 1.165) is 25.3 Å². The molecule has 0 aromatic carbocycles. The number of nitrogens with two attached hydrogens (primary N) is 1. The molecule has 1 atom stereocenters. The van der Waals surface area contributed by atoms with E-state index in [1.165, 1.54) is 12.8 Å². The Hall–Kier alpha value is -1.24. The second kappa shape index (κ2) is 6.79. The first-order valence-corrected chi connectivity index (χ1v) is 8.10. The summed E-state index contributed by atoms with van der Waals surface area (Å²) in [6, 6.07) is 0.334. The minimum absolute atomic E-state index is 0.288. The second-order valence-corrected chi connectivity index (χ2v) is 5.82. The van der Waals surface area contributed by atoms with Crippen molar-refractivity contribution in [3.63, 3.8) is 0 Å². The Labute approximate surface area is 118 Å². The van der Waals surface area contributed by atoms with Gasteiger partial charge in [0.2, 0.25) is 17.8 Å². The van der Waals surface area contributed by atoms with E-state index in [4.69, 9.17) is 5.73 Å². The summed E-state index contributed by atoms with van der Waals surface area (Å²) in [7, 11) is 0. The Balaban J connectivity index is 2.03. The van der Waals surface area contributed by atoms with Crippen molar-refractivity contribution in [2.45, 2.75) is 32.2 Å². The summed E-state index contributed by atoms with van der Waals surface area (Å²) in [6.07, 6.45) is 5.57. The van der Waals surface area contributed by atoms with E-state index in [1.807, 2.05) is 11.8 Å². The van der Waals surface area contributed by atoms with E-state index in [9.17, 15) is 0 Å². The zero-order valence-electron chi connectivity index (χ0n) is 11.6. The van der Waals surface area contributed by atoms with Gasteiger partial charge in [-0.15, -0.1) is 0 Å². The maximum absolute atomic E-state index is 5.77. The molecular weight excluding hydrogens is 260 g/mol. The molecule has 7 heteroatoms. The summed E-state index contributed by atoms with van der Waals surface area (Å²) in [6.45, 7) is 4.14. The predicted molar refractivity (Wildman–Crippen MR) is 81.8 cm³/mol. The highest BCUT2D eigenvalue weighted by Crippen LogP contribution is 2.18. The Morgan fingerprint density at radius 3 is 2.74 bits per heavy atom. The predicted octanol–water partition coefficient (Wildman–Crippen LogP) is 1.61. The lowest BCUT2D eigenvalue weighted by Crippen LogP contribution is -2.24. The number of aromatic nitrogens is 3. The van der Waals surface area contributed by atoms with Gasteiger partial charge >= 0.3 is 0 Å². The molecule has 3 N–H and O–H groups in total. The Morgan fingerprint density at radius 1 is 1.32 bits per heavy atom. The van der Waals surface area contributed by atoms with Crippen molar-refractivity contribution in [3.05, 3.63) is 0 Å². The quantitative estimate of drug-likeness (QED) is 0.820. The molecule has 0 bridgehead atoms. The van der Waals surface area contributed by atoms with Crippen molar-refractivity contribution in [2.75, 3.05) is 41.0 Å². The fourth-order valence-corrected chi connectivity index (χ4v) is 2.68. The smallest absolute Gasteiger partial charge is 0.231 e. The molecule has 1 aromatic rings. The zero-order valence-corrected chi connectivity index (χ0v) is 12.4.